The zero-order chi connectivity index (χ0) is 15.9. The molecule has 1 unspecified atom stereocenters. The van der Waals surface area contributed by atoms with Gasteiger partial charge in [0.1, 0.15) is 5.75 Å². The minimum atomic E-state index is -0.475. The highest BCUT2D eigenvalue weighted by Crippen LogP contribution is 2.17. The number of amides is 1. The molecule has 0 aliphatic carbocycles. The summed E-state index contributed by atoms with van der Waals surface area (Å²) in [7, 11) is 0. The van der Waals surface area contributed by atoms with Gasteiger partial charge in [-0.1, -0.05) is 6.92 Å². The van der Waals surface area contributed by atoms with Gasteiger partial charge in [0.15, 0.2) is 6.61 Å². The molecule has 7 nitrogen and oxygen atoms in total. The Balaban J connectivity index is 1.72. The van der Waals surface area contributed by atoms with Crippen molar-refractivity contribution in [3.63, 3.8) is 0 Å². The van der Waals surface area contributed by atoms with Crippen LogP contribution in [0.3, 0.4) is 0 Å². The molecule has 0 bridgehead atoms. The van der Waals surface area contributed by atoms with Crippen LogP contribution in [-0.4, -0.2) is 48.0 Å². The van der Waals surface area contributed by atoms with Crippen molar-refractivity contribution in [1.29, 1.82) is 0 Å². The Kier molecular flexibility index (Phi) is 5.71. The number of nitro groups is 1. The van der Waals surface area contributed by atoms with E-state index < -0.39 is 4.92 Å². The van der Waals surface area contributed by atoms with Gasteiger partial charge >= 0.3 is 0 Å². The maximum absolute atomic E-state index is 11.8. The van der Waals surface area contributed by atoms with Gasteiger partial charge in [0.2, 0.25) is 0 Å². The zero-order valence-electron chi connectivity index (χ0n) is 12.7. The van der Waals surface area contributed by atoms with Crippen LogP contribution in [-0.2, 0) is 4.79 Å². The monoisotopic (exact) mass is 307 g/mol. The maximum Gasteiger partial charge on any atom is 0.269 e. The summed E-state index contributed by atoms with van der Waals surface area (Å²) in [6, 6.07) is 6.09. The normalized spacial score (nSPS) is 18.1. The van der Waals surface area contributed by atoms with Crippen LogP contribution in [0.1, 0.15) is 19.8 Å². The first-order chi connectivity index (χ1) is 10.6. The van der Waals surface area contributed by atoms with Crippen molar-refractivity contribution in [2.24, 2.45) is 0 Å². The Labute approximate surface area is 129 Å². The Hall–Kier alpha value is -2.15. The first kappa shape index (κ1) is 16.2. The topological polar surface area (TPSA) is 84.7 Å². The van der Waals surface area contributed by atoms with Crippen LogP contribution in [0.4, 0.5) is 5.69 Å². The lowest BCUT2D eigenvalue weighted by Crippen LogP contribution is -2.41. The van der Waals surface area contributed by atoms with Crippen molar-refractivity contribution in [1.82, 2.24) is 10.2 Å². The summed E-state index contributed by atoms with van der Waals surface area (Å²) in [5, 5.41) is 13.4. The van der Waals surface area contributed by atoms with Gasteiger partial charge in [-0.15, -0.1) is 0 Å². The van der Waals surface area contributed by atoms with E-state index in [0.29, 0.717) is 18.3 Å². The zero-order valence-corrected chi connectivity index (χ0v) is 12.7. The molecule has 0 radical (unpaired) electrons. The van der Waals surface area contributed by atoms with Crippen molar-refractivity contribution in [2.45, 2.75) is 25.8 Å². The van der Waals surface area contributed by atoms with E-state index in [1.165, 1.54) is 30.7 Å². The fourth-order valence-electron chi connectivity index (χ4n) is 2.64. The van der Waals surface area contributed by atoms with E-state index in [1.54, 1.807) is 0 Å². The molecule has 7 heteroatoms. The molecule has 1 aromatic rings. The van der Waals surface area contributed by atoms with E-state index in [1.807, 2.05) is 0 Å². The van der Waals surface area contributed by atoms with Gasteiger partial charge in [0.25, 0.3) is 11.6 Å². The standard InChI is InChI=1S/C15H21N3O4/c1-2-17-9-3-4-13(17)10-16-15(19)11-22-14-7-5-12(6-8-14)18(20)21/h5-8,13H,2-4,9-11H2,1H3,(H,16,19). The second kappa shape index (κ2) is 7.74. The van der Waals surface area contributed by atoms with Crippen molar-refractivity contribution in [3.8, 4) is 5.75 Å². The highest BCUT2D eigenvalue weighted by molar-refractivity contribution is 5.77. The molecular formula is C15H21N3O4. The number of carbonyl (C=O) groups is 1. The number of ether oxygens (including phenoxy) is 1. The fourth-order valence-corrected chi connectivity index (χ4v) is 2.64. The summed E-state index contributed by atoms with van der Waals surface area (Å²) >= 11 is 0. The van der Waals surface area contributed by atoms with E-state index in [2.05, 4.69) is 17.1 Å². The molecule has 0 saturated carbocycles. The third-order valence-electron chi connectivity index (χ3n) is 3.86. The SMILES string of the molecule is CCN1CCCC1CNC(=O)COc1ccc([N+](=O)[O-])cc1. The van der Waals surface area contributed by atoms with E-state index in [0.717, 1.165) is 19.5 Å². The number of benzene rings is 1. The van der Waals surface area contributed by atoms with Crippen molar-refractivity contribution < 1.29 is 14.5 Å². The lowest BCUT2D eigenvalue weighted by atomic mass is 10.2. The fraction of sp³-hybridized carbons (Fsp3) is 0.533. The minimum Gasteiger partial charge on any atom is -0.484 e. The van der Waals surface area contributed by atoms with Gasteiger partial charge in [-0.3, -0.25) is 19.8 Å². The summed E-state index contributed by atoms with van der Waals surface area (Å²) in [6.45, 7) is 4.76. The molecule has 2 rings (SSSR count). The van der Waals surface area contributed by atoms with E-state index in [4.69, 9.17) is 4.74 Å². The van der Waals surface area contributed by atoms with E-state index in [9.17, 15) is 14.9 Å². The lowest BCUT2D eigenvalue weighted by molar-refractivity contribution is -0.384. The van der Waals surface area contributed by atoms with Gasteiger partial charge in [0, 0.05) is 24.7 Å². The van der Waals surface area contributed by atoms with Crippen LogP contribution in [0, 0.1) is 10.1 Å². The third kappa shape index (κ3) is 4.42. The largest absolute Gasteiger partial charge is 0.484 e. The molecule has 0 aromatic heterocycles. The predicted octanol–water partition coefficient (Wildman–Crippen LogP) is 1.57. The Morgan fingerprint density at radius 1 is 1.45 bits per heavy atom. The maximum atomic E-state index is 11.8. The average Bonchev–Trinajstić information content (AvgIpc) is 2.98. The van der Waals surface area contributed by atoms with Gasteiger partial charge in [-0.2, -0.15) is 0 Å². The lowest BCUT2D eigenvalue weighted by Gasteiger charge is -2.22. The second-order valence-corrected chi connectivity index (χ2v) is 5.27. The number of hydrogen-bond donors (Lipinski definition) is 1. The molecule has 0 spiro atoms. The van der Waals surface area contributed by atoms with E-state index in [-0.39, 0.29) is 18.2 Å². The van der Waals surface area contributed by atoms with Crippen LogP contribution in [0.2, 0.25) is 0 Å². The molecule has 120 valence electrons. The number of likely N-dealkylation sites (tertiary alicyclic amines) is 1. The van der Waals surface area contributed by atoms with Crippen LogP contribution in [0.25, 0.3) is 0 Å². The Bertz CT molecular complexity index is 518. The number of hydrogen-bond acceptors (Lipinski definition) is 5. The summed E-state index contributed by atoms with van der Waals surface area (Å²) < 4.78 is 5.32. The second-order valence-electron chi connectivity index (χ2n) is 5.27. The van der Waals surface area contributed by atoms with Crippen LogP contribution in [0.5, 0.6) is 5.75 Å². The summed E-state index contributed by atoms with van der Waals surface area (Å²) in [4.78, 5) is 24.2. The molecule has 22 heavy (non-hydrogen) atoms. The molecule has 1 saturated heterocycles. The number of non-ortho nitro benzene ring substituents is 1. The molecule has 1 atom stereocenters. The van der Waals surface area contributed by atoms with Crippen LogP contribution >= 0.6 is 0 Å². The number of nitrogens with zero attached hydrogens (tertiary/aromatic N) is 2. The van der Waals surface area contributed by atoms with Gasteiger partial charge in [0.05, 0.1) is 4.92 Å². The minimum absolute atomic E-state index is 0.00214. The molecule has 1 N–H and O–H groups in total. The average molecular weight is 307 g/mol. The van der Waals surface area contributed by atoms with Crippen LogP contribution in [0.15, 0.2) is 24.3 Å². The highest BCUT2D eigenvalue weighted by Gasteiger charge is 2.23. The summed E-state index contributed by atoms with van der Waals surface area (Å²) in [5.41, 5.74) is -0.00214. The first-order valence-corrected chi connectivity index (χ1v) is 7.48. The molecule has 1 amide bonds. The highest BCUT2D eigenvalue weighted by atomic mass is 16.6. The smallest absolute Gasteiger partial charge is 0.269 e. The van der Waals surface area contributed by atoms with Crippen LogP contribution < -0.4 is 10.1 Å². The molecule has 1 aliphatic heterocycles. The molecular weight excluding hydrogens is 286 g/mol. The first-order valence-electron chi connectivity index (χ1n) is 7.48. The van der Waals surface area contributed by atoms with E-state index >= 15 is 0 Å². The molecule has 1 heterocycles. The molecule has 1 aliphatic rings. The van der Waals surface area contributed by atoms with Gasteiger partial charge < -0.3 is 10.1 Å². The Morgan fingerprint density at radius 2 is 2.18 bits per heavy atom. The summed E-state index contributed by atoms with van der Waals surface area (Å²) in [6.07, 6.45) is 2.28. The predicted molar refractivity (Wildman–Crippen MR) is 81.9 cm³/mol. The number of rotatable bonds is 7. The van der Waals surface area contributed by atoms with Gasteiger partial charge in [-0.05, 0) is 38.1 Å². The Morgan fingerprint density at radius 3 is 2.82 bits per heavy atom. The number of nitrogens with one attached hydrogen (secondary N) is 1. The van der Waals surface area contributed by atoms with Gasteiger partial charge in [-0.25, -0.2) is 0 Å². The number of nitro benzene ring substituents is 1. The van der Waals surface area contributed by atoms with Crippen molar-refractivity contribution in [2.75, 3.05) is 26.2 Å². The van der Waals surface area contributed by atoms with Crippen molar-refractivity contribution >= 4 is 11.6 Å². The third-order valence-corrected chi connectivity index (χ3v) is 3.86. The number of carbonyl (C=O) groups excluding carboxylic acids is 1. The summed E-state index contributed by atoms with van der Waals surface area (Å²) in [5.74, 6) is 0.262. The molecule has 1 aromatic carbocycles. The quantitative estimate of drug-likeness (QED) is 0.610. The molecule has 1 fully saturated rings. The van der Waals surface area contributed by atoms with Crippen molar-refractivity contribution in [3.05, 3.63) is 34.4 Å². The number of likely N-dealkylation sites (N-methyl/N-ethyl adjacent to an activating group) is 1.